The van der Waals surface area contributed by atoms with Crippen molar-refractivity contribution in [1.82, 2.24) is 4.90 Å². The standard InChI is InChI=1S/C18H17ClFN.ClH/c19-16-7-5-14(6-8-16)18-9-15(18)11-21(12-18)10-13-3-1-2-4-17(13)20;/h1-8,15H,9-12H2;1H. The number of benzene rings is 2. The summed E-state index contributed by atoms with van der Waals surface area (Å²) < 4.78 is 13.8. The summed E-state index contributed by atoms with van der Waals surface area (Å²) in [6.45, 7) is 2.79. The zero-order valence-corrected chi connectivity index (χ0v) is 13.7. The van der Waals surface area contributed by atoms with Crippen molar-refractivity contribution in [2.24, 2.45) is 5.92 Å². The van der Waals surface area contributed by atoms with E-state index in [1.54, 1.807) is 12.1 Å². The summed E-state index contributed by atoms with van der Waals surface area (Å²) in [5.74, 6) is 0.615. The summed E-state index contributed by atoms with van der Waals surface area (Å²) >= 11 is 5.98. The molecule has 1 aliphatic heterocycles. The van der Waals surface area contributed by atoms with Gasteiger partial charge in [0.25, 0.3) is 0 Å². The number of hydrogen-bond donors (Lipinski definition) is 0. The summed E-state index contributed by atoms with van der Waals surface area (Å²) in [6.07, 6.45) is 1.25. The molecule has 2 atom stereocenters. The van der Waals surface area contributed by atoms with Gasteiger partial charge in [-0.2, -0.15) is 0 Å². The molecule has 0 spiro atoms. The molecule has 2 aromatic carbocycles. The van der Waals surface area contributed by atoms with Gasteiger partial charge in [-0.05, 0) is 36.1 Å². The van der Waals surface area contributed by atoms with Crippen molar-refractivity contribution < 1.29 is 4.39 Å². The van der Waals surface area contributed by atoms with Crippen LogP contribution in [0, 0.1) is 11.7 Å². The molecule has 4 rings (SSSR count). The molecule has 0 aromatic heterocycles. The van der Waals surface area contributed by atoms with Crippen LogP contribution in [0.5, 0.6) is 0 Å². The Morgan fingerprint density at radius 3 is 2.59 bits per heavy atom. The Kier molecular flexibility index (Phi) is 4.19. The highest BCUT2D eigenvalue weighted by Crippen LogP contribution is 2.59. The van der Waals surface area contributed by atoms with Gasteiger partial charge >= 0.3 is 0 Å². The van der Waals surface area contributed by atoms with Gasteiger partial charge in [0.1, 0.15) is 5.82 Å². The molecule has 0 radical (unpaired) electrons. The maximum absolute atomic E-state index is 13.8. The molecule has 0 amide bonds. The molecule has 1 heterocycles. The lowest BCUT2D eigenvalue weighted by molar-refractivity contribution is 0.286. The van der Waals surface area contributed by atoms with Crippen LogP contribution in [0.4, 0.5) is 4.39 Å². The molecule has 1 saturated heterocycles. The van der Waals surface area contributed by atoms with Gasteiger partial charge in [-0.3, -0.25) is 4.90 Å². The van der Waals surface area contributed by atoms with Gasteiger partial charge in [0.05, 0.1) is 0 Å². The SMILES string of the molecule is Cl.Fc1ccccc1CN1CC2CC2(c2ccc(Cl)cc2)C1. The molecule has 1 aliphatic carbocycles. The van der Waals surface area contributed by atoms with Crippen molar-refractivity contribution in [3.8, 4) is 0 Å². The predicted octanol–water partition coefficient (Wildman–Crippen LogP) is 4.67. The van der Waals surface area contributed by atoms with Gasteiger partial charge in [0, 0.05) is 35.6 Å². The Hall–Kier alpha value is -1.09. The van der Waals surface area contributed by atoms with E-state index in [0.717, 1.165) is 23.7 Å². The monoisotopic (exact) mass is 337 g/mol. The number of rotatable bonds is 3. The summed E-state index contributed by atoms with van der Waals surface area (Å²) in [4.78, 5) is 2.38. The molecule has 1 nitrogen and oxygen atoms in total. The number of piperidine rings is 1. The Morgan fingerprint density at radius 2 is 1.86 bits per heavy atom. The first-order valence-electron chi connectivity index (χ1n) is 7.39. The summed E-state index contributed by atoms with van der Waals surface area (Å²) in [7, 11) is 0. The van der Waals surface area contributed by atoms with Gasteiger partial charge in [0.15, 0.2) is 0 Å². The van der Waals surface area contributed by atoms with Crippen LogP contribution in [0.15, 0.2) is 48.5 Å². The largest absolute Gasteiger partial charge is 0.298 e. The van der Waals surface area contributed by atoms with Crippen molar-refractivity contribution in [3.63, 3.8) is 0 Å². The molecule has 0 bridgehead atoms. The molecular formula is C18H18Cl2FN. The van der Waals surface area contributed by atoms with Crippen LogP contribution in [-0.2, 0) is 12.0 Å². The lowest BCUT2D eigenvalue weighted by atomic mass is 9.95. The average Bonchev–Trinajstić information content (AvgIpc) is 3.05. The van der Waals surface area contributed by atoms with Crippen LogP contribution in [0.3, 0.4) is 0 Å². The Balaban J connectivity index is 0.00000144. The van der Waals surface area contributed by atoms with Crippen molar-refractivity contribution in [2.75, 3.05) is 13.1 Å². The van der Waals surface area contributed by atoms with Crippen molar-refractivity contribution in [2.45, 2.75) is 18.4 Å². The third-order valence-corrected chi connectivity index (χ3v) is 5.24. The van der Waals surface area contributed by atoms with E-state index in [1.165, 1.54) is 12.0 Å². The minimum Gasteiger partial charge on any atom is -0.298 e. The highest BCUT2D eigenvalue weighted by molar-refractivity contribution is 6.30. The fourth-order valence-corrected chi connectivity index (χ4v) is 3.93. The van der Waals surface area contributed by atoms with Crippen molar-refractivity contribution in [3.05, 3.63) is 70.5 Å². The second kappa shape index (κ2) is 5.84. The molecule has 116 valence electrons. The van der Waals surface area contributed by atoms with E-state index in [0.29, 0.717) is 12.5 Å². The molecule has 4 heteroatoms. The normalized spacial score (nSPS) is 26.4. The first-order valence-corrected chi connectivity index (χ1v) is 7.77. The van der Waals surface area contributed by atoms with E-state index >= 15 is 0 Å². The Morgan fingerprint density at radius 1 is 1.14 bits per heavy atom. The van der Waals surface area contributed by atoms with Crippen LogP contribution in [0.25, 0.3) is 0 Å². The Bertz CT molecular complexity index is 673. The minimum absolute atomic E-state index is 0. The summed E-state index contributed by atoms with van der Waals surface area (Å²) in [6, 6.07) is 15.3. The number of halogens is 3. The Labute approximate surface area is 141 Å². The van der Waals surface area contributed by atoms with Crippen LogP contribution in [0.2, 0.25) is 5.02 Å². The quantitative estimate of drug-likeness (QED) is 0.786. The molecule has 2 aliphatic rings. The van der Waals surface area contributed by atoms with E-state index in [2.05, 4.69) is 17.0 Å². The van der Waals surface area contributed by atoms with E-state index in [4.69, 9.17) is 11.6 Å². The average molecular weight is 338 g/mol. The van der Waals surface area contributed by atoms with Gasteiger partial charge in [-0.15, -0.1) is 12.4 Å². The van der Waals surface area contributed by atoms with Crippen LogP contribution < -0.4 is 0 Å². The topological polar surface area (TPSA) is 3.24 Å². The second-order valence-corrected chi connectivity index (χ2v) is 6.76. The summed E-state index contributed by atoms with van der Waals surface area (Å²) in [5, 5.41) is 0.786. The molecule has 2 unspecified atom stereocenters. The van der Waals surface area contributed by atoms with Gasteiger partial charge in [0.2, 0.25) is 0 Å². The summed E-state index contributed by atoms with van der Waals surface area (Å²) in [5.41, 5.74) is 2.47. The molecule has 1 saturated carbocycles. The molecule has 22 heavy (non-hydrogen) atoms. The number of hydrogen-bond acceptors (Lipinski definition) is 1. The molecular weight excluding hydrogens is 320 g/mol. The second-order valence-electron chi connectivity index (χ2n) is 6.33. The smallest absolute Gasteiger partial charge is 0.127 e. The fraction of sp³-hybridized carbons (Fsp3) is 0.333. The number of nitrogens with zero attached hydrogens (tertiary/aromatic N) is 1. The first kappa shape index (κ1) is 15.8. The molecule has 2 aromatic rings. The number of fused-ring (bicyclic) bond motifs is 1. The van der Waals surface area contributed by atoms with Crippen molar-refractivity contribution >= 4 is 24.0 Å². The van der Waals surface area contributed by atoms with Gasteiger partial charge < -0.3 is 0 Å². The highest BCUT2D eigenvalue weighted by atomic mass is 35.5. The van der Waals surface area contributed by atoms with Gasteiger partial charge in [-0.25, -0.2) is 4.39 Å². The van der Waals surface area contributed by atoms with E-state index < -0.39 is 0 Å². The zero-order valence-electron chi connectivity index (χ0n) is 12.1. The van der Waals surface area contributed by atoms with Crippen LogP contribution in [0.1, 0.15) is 17.5 Å². The van der Waals surface area contributed by atoms with Crippen LogP contribution >= 0.6 is 24.0 Å². The first-order chi connectivity index (χ1) is 10.2. The maximum Gasteiger partial charge on any atom is 0.127 e. The van der Waals surface area contributed by atoms with Crippen LogP contribution in [-0.4, -0.2) is 18.0 Å². The van der Waals surface area contributed by atoms with E-state index in [9.17, 15) is 4.39 Å². The van der Waals surface area contributed by atoms with Gasteiger partial charge in [-0.1, -0.05) is 41.9 Å². The number of likely N-dealkylation sites (tertiary alicyclic amines) is 1. The van der Waals surface area contributed by atoms with Crippen molar-refractivity contribution in [1.29, 1.82) is 0 Å². The van der Waals surface area contributed by atoms with E-state index in [1.807, 2.05) is 24.3 Å². The minimum atomic E-state index is -0.0985. The lowest BCUT2D eigenvalue weighted by Gasteiger charge is -2.21. The third kappa shape index (κ3) is 2.64. The maximum atomic E-state index is 13.8. The third-order valence-electron chi connectivity index (χ3n) is 4.99. The van der Waals surface area contributed by atoms with E-state index in [-0.39, 0.29) is 23.6 Å². The highest BCUT2D eigenvalue weighted by Gasteiger charge is 2.60. The fourth-order valence-electron chi connectivity index (χ4n) is 3.80. The molecule has 0 N–H and O–H groups in total. The zero-order chi connectivity index (χ0) is 14.4. The molecule has 2 fully saturated rings. The lowest BCUT2D eigenvalue weighted by Crippen LogP contribution is -2.26. The predicted molar refractivity (Wildman–Crippen MR) is 90.2 cm³/mol.